The van der Waals surface area contributed by atoms with E-state index in [1.165, 1.54) is 0 Å². The summed E-state index contributed by atoms with van der Waals surface area (Å²) in [6, 6.07) is 5.10. The second-order valence-corrected chi connectivity index (χ2v) is 4.20. The van der Waals surface area contributed by atoms with Crippen LogP contribution in [-0.2, 0) is 9.13 Å². The van der Waals surface area contributed by atoms with Crippen molar-refractivity contribution in [2.75, 3.05) is 5.73 Å². The fraction of sp³-hybridized carbons (Fsp3) is 0.222. The smallest absolute Gasteiger partial charge is 0.198 e. The lowest BCUT2D eigenvalue weighted by molar-refractivity contribution is -0.108. The van der Waals surface area contributed by atoms with Crippen molar-refractivity contribution < 1.29 is 4.79 Å². The van der Waals surface area contributed by atoms with E-state index in [4.69, 9.17) is 28.9 Å². The minimum atomic E-state index is -1.50. The van der Waals surface area contributed by atoms with Crippen LogP contribution in [0.3, 0.4) is 0 Å². The number of hydrogen-bond acceptors (Lipinski definition) is 2. The van der Waals surface area contributed by atoms with Crippen LogP contribution >= 0.6 is 23.2 Å². The van der Waals surface area contributed by atoms with E-state index in [2.05, 4.69) is 0 Å². The van der Waals surface area contributed by atoms with E-state index in [0.717, 1.165) is 5.56 Å². The first-order chi connectivity index (χ1) is 5.97. The molecule has 0 fully saturated rings. The van der Waals surface area contributed by atoms with Crippen LogP contribution in [-0.4, -0.2) is 6.29 Å². The van der Waals surface area contributed by atoms with E-state index in [9.17, 15) is 4.79 Å². The average Bonchev–Trinajstić information content (AvgIpc) is 2.09. The number of nitrogen functional groups attached to an aromatic ring is 1. The molecular formula is C9H9Cl2NO. The quantitative estimate of drug-likeness (QED) is 0.470. The second kappa shape index (κ2) is 3.56. The number of aldehydes is 1. The molecule has 0 bridgehead atoms. The summed E-state index contributed by atoms with van der Waals surface area (Å²) in [6.07, 6.45) is 0.484. The lowest BCUT2D eigenvalue weighted by Crippen LogP contribution is -2.13. The van der Waals surface area contributed by atoms with Gasteiger partial charge in [-0.1, -0.05) is 29.3 Å². The van der Waals surface area contributed by atoms with E-state index in [0.29, 0.717) is 17.5 Å². The monoisotopic (exact) mass is 217 g/mol. The normalized spacial score (nSPS) is 11.3. The molecule has 0 amide bonds. The Hall–Kier alpha value is -0.730. The van der Waals surface area contributed by atoms with Crippen molar-refractivity contribution in [3.05, 3.63) is 29.3 Å². The summed E-state index contributed by atoms with van der Waals surface area (Å²) >= 11 is 11.5. The third-order valence-corrected chi connectivity index (χ3v) is 2.35. The topological polar surface area (TPSA) is 43.1 Å². The molecule has 4 heteroatoms. The van der Waals surface area contributed by atoms with E-state index in [-0.39, 0.29) is 0 Å². The molecule has 1 rings (SSSR count). The summed E-state index contributed by atoms with van der Waals surface area (Å²) in [6.45, 7) is 1.82. The van der Waals surface area contributed by atoms with Gasteiger partial charge in [-0.05, 0) is 30.2 Å². The lowest BCUT2D eigenvalue weighted by Gasteiger charge is -2.15. The number of carbonyl (C=O) groups excluding carboxylic acids is 1. The first-order valence-corrected chi connectivity index (χ1v) is 4.43. The molecule has 1 aromatic rings. The number of nitrogens with two attached hydrogens (primary N) is 1. The number of anilines is 1. The van der Waals surface area contributed by atoms with Gasteiger partial charge in [0, 0.05) is 5.69 Å². The largest absolute Gasteiger partial charge is 0.399 e. The molecule has 2 nitrogen and oxygen atoms in total. The number of aryl methyl sites for hydroxylation is 1. The van der Waals surface area contributed by atoms with Crippen molar-refractivity contribution >= 4 is 35.2 Å². The number of carbonyl (C=O) groups is 1. The molecule has 70 valence electrons. The third-order valence-electron chi connectivity index (χ3n) is 1.77. The summed E-state index contributed by atoms with van der Waals surface area (Å²) in [5.74, 6) is 0. The minimum Gasteiger partial charge on any atom is -0.399 e. The van der Waals surface area contributed by atoms with Gasteiger partial charge in [-0.25, -0.2) is 0 Å². The van der Waals surface area contributed by atoms with Gasteiger partial charge < -0.3 is 5.73 Å². The zero-order valence-corrected chi connectivity index (χ0v) is 8.56. The van der Waals surface area contributed by atoms with Crippen LogP contribution in [0, 0.1) is 6.92 Å². The molecule has 0 spiro atoms. The Bertz CT molecular complexity index is 336. The van der Waals surface area contributed by atoms with Gasteiger partial charge in [-0.15, -0.1) is 0 Å². The second-order valence-electron chi connectivity index (χ2n) is 2.82. The van der Waals surface area contributed by atoms with Crippen molar-refractivity contribution in [2.24, 2.45) is 0 Å². The highest BCUT2D eigenvalue weighted by Gasteiger charge is 2.27. The Morgan fingerprint density at radius 2 is 2.08 bits per heavy atom. The number of hydrogen-bond donors (Lipinski definition) is 1. The molecule has 0 aliphatic rings. The molecule has 0 atom stereocenters. The van der Waals surface area contributed by atoms with E-state index in [1.54, 1.807) is 18.2 Å². The number of halogens is 2. The predicted molar refractivity (Wildman–Crippen MR) is 55.0 cm³/mol. The van der Waals surface area contributed by atoms with E-state index >= 15 is 0 Å². The molecule has 0 aliphatic heterocycles. The Morgan fingerprint density at radius 1 is 1.46 bits per heavy atom. The molecule has 0 saturated carbocycles. The molecule has 0 aliphatic carbocycles. The Morgan fingerprint density at radius 3 is 2.62 bits per heavy atom. The molecule has 0 aromatic heterocycles. The van der Waals surface area contributed by atoms with Gasteiger partial charge in [0.2, 0.25) is 0 Å². The zero-order valence-electron chi connectivity index (χ0n) is 7.05. The van der Waals surface area contributed by atoms with Gasteiger partial charge in [0.05, 0.1) is 0 Å². The van der Waals surface area contributed by atoms with E-state index in [1.807, 2.05) is 6.92 Å². The number of rotatable bonds is 2. The van der Waals surface area contributed by atoms with Crippen LogP contribution in [0.4, 0.5) is 5.69 Å². The highest BCUT2D eigenvalue weighted by Crippen LogP contribution is 2.34. The van der Waals surface area contributed by atoms with Gasteiger partial charge in [-0.2, -0.15) is 0 Å². The molecule has 0 saturated heterocycles. The molecular weight excluding hydrogens is 209 g/mol. The van der Waals surface area contributed by atoms with Gasteiger partial charge in [-0.3, -0.25) is 4.79 Å². The van der Waals surface area contributed by atoms with Gasteiger partial charge in [0.25, 0.3) is 0 Å². The number of benzene rings is 1. The first kappa shape index (κ1) is 10.4. The van der Waals surface area contributed by atoms with Gasteiger partial charge >= 0.3 is 0 Å². The SMILES string of the molecule is Cc1ccc(N)cc1C(Cl)(Cl)C=O. The summed E-state index contributed by atoms with van der Waals surface area (Å²) < 4.78 is -1.50. The van der Waals surface area contributed by atoms with Crippen molar-refractivity contribution in [1.29, 1.82) is 0 Å². The first-order valence-electron chi connectivity index (χ1n) is 3.68. The predicted octanol–water partition coefficient (Wildman–Crippen LogP) is 2.41. The zero-order chi connectivity index (χ0) is 10.1. The van der Waals surface area contributed by atoms with Crippen LogP contribution in [0.5, 0.6) is 0 Å². The maximum Gasteiger partial charge on any atom is 0.198 e. The molecule has 0 radical (unpaired) electrons. The molecule has 0 heterocycles. The maximum atomic E-state index is 10.6. The van der Waals surface area contributed by atoms with Crippen molar-refractivity contribution in [3.63, 3.8) is 0 Å². The van der Waals surface area contributed by atoms with Crippen LogP contribution < -0.4 is 5.73 Å². The molecule has 2 N–H and O–H groups in total. The van der Waals surface area contributed by atoms with Crippen molar-refractivity contribution in [1.82, 2.24) is 0 Å². The van der Waals surface area contributed by atoms with Crippen LogP contribution in [0.25, 0.3) is 0 Å². The van der Waals surface area contributed by atoms with Crippen LogP contribution in [0.15, 0.2) is 18.2 Å². The van der Waals surface area contributed by atoms with Crippen LogP contribution in [0.2, 0.25) is 0 Å². The lowest BCUT2D eigenvalue weighted by atomic mass is 10.1. The Kier molecular flexibility index (Phi) is 2.84. The summed E-state index contributed by atoms with van der Waals surface area (Å²) in [7, 11) is 0. The van der Waals surface area contributed by atoms with E-state index < -0.39 is 4.33 Å². The van der Waals surface area contributed by atoms with Gasteiger partial charge in [0.15, 0.2) is 10.6 Å². The fourth-order valence-corrected chi connectivity index (χ4v) is 1.47. The highest BCUT2D eigenvalue weighted by molar-refractivity contribution is 6.55. The highest BCUT2D eigenvalue weighted by atomic mass is 35.5. The Labute approximate surface area is 86.6 Å². The summed E-state index contributed by atoms with van der Waals surface area (Å²) in [4.78, 5) is 10.6. The standard InChI is InChI=1S/C9H9Cl2NO/c1-6-2-3-7(12)4-8(6)9(10,11)5-13/h2-5H,12H2,1H3. The molecule has 13 heavy (non-hydrogen) atoms. The number of alkyl halides is 2. The fourth-order valence-electron chi connectivity index (χ4n) is 1.06. The maximum absolute atomic E-state index is 10.6. The third kappa shape index (κ3) is 2.14. The molecule has 0 unspecified atom stereocenters. The average molecular weight is 218 g/mol. The summed E-state index contributed by atoms with van der Waals surface area (Å²) in [5.41, 5.74) is 7.45. The summed E-state index contributed by atoms with van der Waals surface area (Å²) in [5, 5.41) is 0. The van der Waals surface area contributed by atoms with Gasteiger partial charge in [0.1, 0.15) is 0 Å². The van der Waals surface area contributed by atoms with Crippen molar-refractivity contribution in [3.8, 4) is 0 Å². The minimum absolute atomic E-state index is 0.484. The van der Waals surface area contributed by atoms with Crippen LogP contribution in [0.1, 0.15) is 11.1 Å². The van der Waals surface area contributed by atoms with Crippen molar-refractivity contribution in [2.45, 2.75) is 11.3 Å². The Balaban J connectivity index is 3.28. The molecule has 1 aromatic carbocycles.